The molecule has 15 heteroatoms. The van der Waals surface area contributed by atoms with Gasteiger partial charge in [-0.2, -0.15) is 0 Å². The Kier molecular flexibility index (Phi) is 12.4. The van der Waals surface area contributed by atoms with Crippen LogP contribution in [0.25, 0.3) is 0 Å². The lowest BCUT2D eigenvalue weighted by Crippen LogP contribution is -2.63. The summed E-state index contributed by atoms with van der Waals surface area (Å²) in [5.74, 6) is -1.63. The third kappa shape index (κ3) is 8.14. The van der Waals surface area contributed by atoms with E-state index in [1.807, 2.05) is 13.0 Å². The van der Waals surface area contributed by atoms with E-state index in [9.17, 15) is 24.3 Å². The van der Waals surface area contributed by atoms with E-state index < -0.39 is 65.7 Å². The lowest BCUT2D eigenvalue weighted by molar-refractivity contribution is -0.158. The van der Waals surface area contributed by atoms with Crippen molar-refractivity contribution in [2.24, 2.45) is 5.92 Å². The molecule has 0 spiro atoms. The minimum Gasteiger partial charge on any atom is -0.495 e. The fourth-order valence-corrected chi connectivity index (χ4v) is 7.09. The van der Waals surface area contributed by atoms with Crippen LogP contribution in [0.5, 0.6) is 5.75 Å². The van der Waals surface area contributed by atoms with E-state index in [1.165, 1.54) is 38.3 Å². The number of rotatable bonds is 7. The van der Waals surface area contributed by atoms with Crippen molar-refractivity contribution in [2.45, 2.75) is 102 Å². The molecule has 13 nitrogen and oxygen atoms in total. The molecule has 0 aromatic heterocycles. The molecule has 1 radical (unpaired) electrons. The highest BCUT2D eigenvalue weighted by molar-refractivity contribution is 6.72. The Morgan fingerprint density at radius 2 is 1.98 bits per heavy atom. The highest BCUT2D eigenvalue weighted by Crippen LogP contribution is 2.49. The predicted octanol–water partition coefficient (Wildman–Crippen LogP) is 4.25. The maximum absolute atomic E-state index is 14.1. The van der Waals surface area contributed by atoms with E-state index in [0.717, 1.165) is 11.1 Å². The van der Waals surface area contributed by atoms with E-state index in [1.54, 1.807) is 58.9 Å². The number of carbonyl (C=O) groups excluding carboxylic acids is 4. The van der Waals surface area contributed by atoms with Crippen molar-refractivity contribution in [3.05, 3.63) is 46.5 Å². The number of nitrogens with one attached hydrogen (secondary N) is 1. The molecule has 3 aliphatic heterocycles. The van der Waals surface area contributed by atoms with Crippen LogP contribution in [0, 0.1) is 5.92 Å². The van der Waals surface area contributed by atoms with Gasteiger partial charge in [0.05, 0.1) is 25.3 Å². The number of aliphatic hydroxyl groups is 1. The van der Waals surface area contributed by atoms with Crippen LogP contribution in [0.4, 0.5) is 15.3 Å². The van der Waals surface area contributed by atoms with Crippen LogP contribution in [-0.2, 0) is 35.0 Å². The van der Waals surface area contributed by atoms with Crippen molar-refractivity contribution in [1.29, 1.82) is 0 Å². The number of halogens is 1. The first-order chi connectivity index (χ1) is 23.5. The fourth-order valence-electron chi connectivity index (χ4n) is 6.78. The van der Waals surface area contributed by atoms with Gasteiger partial charge in [-0.3, -0.25) is 14.9 Å². The number of likely N-dealkylation sites (N-methyl/N-ethyl adjacent to an activating group) is 1. The highest BCUT2D eigenvalue weighted by Gasteiger charge is 2.64. The van der Waals surface area contributed by atoms with Crippen molar-refractivity contribution in [3.63, 3.8) is 0 Å². The van der Waals surface area contributed by atoms with Crippen LogP contribution < -0.4 is 15.0 Å². The molecule has 1 unspecified atom stereocenters. The molecular formula is C35H48BClN3O10. The summed E-state index contributed by atoms with van der Waals surface area (Å²) in [5, 5.41) is 14.4. The number of fused-ring (bicyclic) bond motifs is 5. The van der Waals surface area contributed by atoms with Gasteiger partial charge >= 0.3 is 12.1 Å². The zero-order valence-electron chi connectivity index (χ0n) is 30.2. The normalized spacial score (nSPS) is 32.3. The smallest absolute Gasteiger partial charge is 0.409 e. The van der Waals surface area contributed by atoms with E-state index in [0.29, 0.717) is 17.9 Å². The zero-order chi connectivity index (χ0) is 37.1. The lowest BCUT2D eigenvalue weighted by atomic mass is 9.80. The van der Waals surface area contributed by atoms with Gasteiger partial charge in [0.2, 0.25) is 13.2 Å². The minimum absolute atomic E-state index is 0.0457. The first-order valence-corrected chi connectivity index (χ1v) is 17.1. The Hall–Kier alpha value is -3.59. The van der Waals surface area contributed by atoms with Gasteiger partial charge in [0.25, 0.3) is 0 Å². The minimum atomic E-state index is -1.82. The predicted molar refractivity (Wildman–Crippen MR) is 188 cm³/mol. The number of methoxy groups -OCH3 is 2. The molecular weight excluding hydrogens is 669 g/mol. The Morgan fingerprint density at radius 1 is 1.28 bits per heavy atom. The number of allylic oxidation sites excluding steroid dienone is 3. The Morgan fingerprint density at radius 3 is 2.60 bits per heavy atom. The van der Waals surface area contributed by atoms with E-state index in [2.05, 4.69) is 5.32 Å². The molecule has 8 atom stereocenters. The molecule has 1 aromatic carbocycles. The summed E-state index contributed by atoms with van der Waals surface area (Å²) in [7, 11) is 7.36. The van der Waals surface area contributed by atoms with Crippen LogP contribution >= 0.6 is 11.6 Å². The molecule has 2 fully saturated rings. The largest absolute Gasteiger partial charge is 0.495 e. The van der Waals surface area contributed by atoms with E-state index in [4.69, 9.17) is 35.3 Å². The van der Waals surface area contributed by atoms with Crippen molar-refractivity contribution in [1.82, 2.24) is 10.2 Å². The summed E-state index contributed by atoms with van der Waals surface area (Å²) in [4.78, 5) is 55.7. The standard InChI is InChI=1S/C35H48BClN3O10/c1-10-22(40(7)32(43)36-5)31(42)49-27-17-28(41)39(6)23-15-21(16-24(46-8)29(23)37)14-19(2)12-11-13-26(47-9)35(45)18-25(48-33(44)38-35)20(3)30-34(27,4)50-30/h11-13,15-16,20,22,25-27,30,45H,10,14,17-18H2,1-9H3,(H,38,44)/b13-11+,19-12+/t20-,22+,25?,26-,27+,30+,34+,35+/m1/s1. The molecule has 273 valence electrons. The number of epoxide rings is 1. The van der Waals surface area contributed by atoms with Gasteiger partial charge in [0.1, 0.15) is 40.7 Å². The summed E-state index contributed by atoms with van der Waals surface area (Å²) in [6.45, 7) is 8.78. The summed E-state index contributed by atoms with van der Waals surface area (Å²) < 4.78 is 29.1. The summed E-state index contributed by atoms with van der Waals surface area (Å²) in [5.41, 5.74) is -0.886. The number of benzene rings is 1. The third-order valence-corrected chi connectivity index (χ3v) is 10.3. The number of esters is 1. The average Bonchev–Trinajstić information content (AvgIpc) is 3.77. The quantitative estimate of drug-likeness (QED) is 0.238. The third-order valence-electron chi connectivity index (χ3n) is 9.93. The van der Waals surface area contributed by atoms with E-state index >= 15 is 0 Å². The second-order valence-corrected chi connectivity index (χ2v) is 13.8. The highest BCUT2D eigenvalue weighted by atomic mass is 35.5. The number of hydrogen-bond acceptors (Lipinski definition) is 10. The van der Waals surface area contributed by atoms with Crippen LogP contribution in [0.15, 0.2) is 35.9 Å². The number of ether oxygens (including phenoxy) is 5. The van der Waals surface area contributed by atoms with Crippen molar-refractivity contribution >= 4 is 48.3 Å². The van der Waals surface area contributed by atoms with Crippen molar-refractivity contribution in [3.8, 4) is 5.75 Å². The van der Waals surface area contributed by atoms with Gasteiger partial charge in [0, 0.05) is 33.5 Å². The van der Waals surface area contributed by atoms with Crippen LogP contribution in [0.1, 0.15) is 52.5 Å². The molecule has 0 aliphatic carbocycles. The van der Waals surface area contributed by atoms with Crippen molar-refractivity contribution < 1.29 is 48.0 Å². The Labute approximate surface area is 299 Å². The van der Waals surface area contributed by atoms with Gasteiger partial charge < -0.3 is 38.6 Å². The maximum Gasteiger partial charge on any atom is 0.409 e. The molecule has 2 N–H and O–H groups in total. The van der Waals surface area contributed by atoms with Crippen LogP contribution in [-0.4, -0.2) is 111 Å². The van der Waals surface area contributed by atoms with Gasteiger partial charge in [-0.25, -0.2) is 9.59 Å². The molecule has 3 heterocycles. The van der Waals surface area contributed by atoms with Crippen LogP contribution in [0.2, 0.25) is 11.8 Å². The first kappa shape index (κ1) is 39.2. The second-order valence-electron chi connectivity index (χ2n) is 13.4. The van der Waals surface area contributed by atoms with E-state index in [-0.39, 0.29) is 30.1 Å². The van der Waals surface area contributed by atoms with Crippen LogP contribution in [0.3, 0.4) is 0 Å². The number of nitrogens with zero attached hydrogens (tertiary/aromatic N) is 2. The molecule has 4 bridgehead atoms. The molecule has 50 heavy (non-hydrogen) atoms. The topological polar surface area (TPSA) is 156 Å². The summed E-state index contributed by atoms with van der Waals surface area (Å²) >= 11 is 6.74. The summed E-state index contributed by atoms with van der Waals surface area (Å²) in [6, 6.07) is 2.66. The first-order valence-electron chi connectivity index (χ1n) is 16.7. The number of amides is 3. The van der Waals surface area contributed by atoms with Gasteiger partial charge in [-0.1, -0.05) is 56.1 Å². The monoisotopic (exact) mass is 716 g/mol. The molecule has 1 aromatic rings. The molecule has 3 amide bonds. The number of hydrogen-bond donors (Lipinski definition) is 2. The van der Waals surface area contributed by atoms with Gasteiger partial charge in [-0.15, -0.1) is 0 Å². The SMILES string of the molecule is C[B]C(=O)N(C)[C@@H](CC)C(=O)O[C@H]1CC(=O)N(C)c2cc(cc(OC)c2Cl)C/C(C)=C/C=C/[C@@H](OC)[C@@]2(O)CC(OC(=O)N2)[C@@H](C)[C@@H]2O[C@@]12C. The molecule has 0 saturated carbocycles. The van der Waals surface area contributed by atoms with Gasteiger partial charge in [-0.05, 0) is 44.4 Å². The van der Waals surface area contributed by atoms with Gasteiger partial charge in [0.15, 0.2) is 11.5 Å². The molecule has 2 saturated heterocycles. The Bertz CT molecular complexity index is 1540. The van der Waals surface area contributed by atoms with Crippen molar-refractivity contribution in [2.75, 3.05) is 33.2 Å². The lowest BCUT2D eigenvalue weighted by Gasteiger charge is -2.42. The number of carbonyl (C=O) groups is 4. The fraction of sp³-hybridized carbons (Fsp3) is 0.600. The number of alkyl carbamates (subject to hydrolysis) is 1. The number of anilines is 1. The molecule has 4 rings (SSSR count). The average molecular weight is 717 g/mol. The zero-order valence-corrected chi connectivity index (χ0v) is 30.9. The maximum atomic E-state index is 14.1. The molecule has 3 aliphatic rings. The Balaban J connectivity index is 1.80. The summed E-state index contributed by atoms with van der Waals surface area (Å²) in [6.07, 6.45) is 1.26. The second kappa shape index (κ2) is 15.8.